The van der Waals surface area contributed by atoms with Gasteiger partial charge in [-0.25, -0.2) is 0 Å². The first-order chi connectivity index (χ1) is 10.9. The van der Waals surface area contributed by atoms with Crippen LogP contribution in [-0.4, -0.2) is 12.4 Å². The van der Waals surface area contributed by atoms with Gasteiger partial charge in [-0.2, -0.15) is 0 Å². The van der Waals surface area contributed by atoms with E-state index in [-0.39, 0.29) is 0 Å². The van der Waals surface area contributed by atoms with E-state index in [1.807, 2.05) is 11.8 Å². The van der Waals surface area contributed by atoms with Crippen LogP contribution in [0.5, 0.6) is 0 Å². The monoisotopic (exact) mass is 331 g/mol. The molecule has 3 rings (SSSR count). The Balaban J connectivity index is 1.82. The predicted octanol–water partition coefficient (Wildman–Crippen LogP) is 5.38. The lowest BCUT2D eigenvalue weighted by Gasteiger charge is -2.21. The van der Waals surface area contributed by atoms with Gasteiger partial charge in [-0.05, 0) is 42.1 Å². The summed E-state index contributed by atoms with van der Waals surface area (Å²) in [5, 5.41) is 3.78. The Hall–Kier alpha value is -0.960. The van der Waals surface area contributed by atoms with Gasteiger partial charge >= 0.3 is 0 Å². The zero-order chi connectivity index (χ0) is 15.2. The van der Waals surface area contributed by atoms with E-state index < -0.39 is 0 Å². The van der Waals surface area contributed by atoms with E-state index in [0.717, 1.165) is 24.6 Å². The van der Waals surface area contributed by atoms with E-state index in [0.29, 0.717) is 6.04 Å². The Labute approximate surface area is 142 Å². The highest BCUT2D eigenvalue weighted by Crippen LogP contribution is 2.39. The molecule has 0 radical (unpaired) electrons. The van der Waals surface area contributed by atoms with Gasteiger partial charge in [0.15, 0.2) is 0 Å². The molecule has 1 N–H and O–H groups in total. The fourth-order valence-corrected chi connectivity index (χ4v) is 4.27. The van der Waals surface area contributed by atoms with Crippen molar-refractivity contribution in [2.45, 2.75) is 36.0 Å². The summed E-state index contributed by atoms with van der Waals surface area (Å²) in [6.07, 6.45) is 3.49. The van der Waals surface area contributed by atoms with Crippen LogP contribution in [0.15, 0.2) is 53.4 Å². The minimum atomic E-state index is 0.304. The number of rotatable bonds is 6. The number of thioether (sulfide) groups is 1. The van der Waals surface area contributed by atoms with E-state index >= 15 is 0 Å². The van der Waals surface area contributed by atoms with Gasteiger partial charge in [0.05, 0.1) is 6.04 Å². The van der Waals surface area contributed by atoms with E-state index in [2.05, 4.69) is 53.8 Å². The van der Waals surface area contributed by atoms with Crippen molar-refractivity contribution in [2.24, 2.45) is 0 Å². The molecule has 22 heavy (non-hydrogen) atoms. The first-order valence-corrected chi connectivity index (χ1v) is 9.51. The summed E-state index contributed by atoms with van der Waals surface area (Å²) in [5.74, 6) is 1.82. The summed E-state index contributed by atoms with van der Waals surface area (Å²) in [6.45, 7) is 1.04. The fourth-order valence-electron chi connectivity index (χ4n) is 2.98. The Bertz CT molecular complexity index is 566. The second kappa shape index (κ2) is 8.05. The third-order valence-corrected chi connectivity index (χ3v) is 5.54. The van der Waals surface area contributed by atoms with Gasteiger partial charge in [-0.15, -0.1) is 23.4 Å². The summed E-state index contributed by atoms with van der Waals surface area (Å²) in [5.41, 5.74) is 4.29. The van der Waals surface area contributed by atoms with Crippen LogP contribution in [0.25, 0.3) is 0 Å². The second-order valence-electron chi connectivity index (χ2n) is 5.66. The van der Waals surface area contributed by atoms with E-state index in [1.165, 1.54) is 34.4 Å². The maximum Gasteiger partial charge on any atom is 0.0590 e. The van der Waals surface area contributed by atoms with Crippen molar-refractivity contribution in [3.63, 3.8) is 0 Å². The quantitative estimate of drug-likeness (QED) is 0.563. The van der Waals surface area contributed by atoms with Crippen LogP contribution >= 0.6 is 23.4 Å². The number of unbranched alkanes of at least 4 members (excludes halogenated alkanes) is 2. The number of halogens is 1. The number of alkyl halides is 1. The number of benzene rings is 2. The van der Waals surface area contributed by atoms with Crippen LogP contribution in [0.3, 0.4) is 0 Å². The SMILES string of the molecule is ClCCCCCNC1c2ccccc2CSc2ccccc21. The largest absolute Gasteiger partial charge is 0.306 e. The molecular weight excluding hydrogens is 310 g/mol. The van der Waals surface area contributed by atoms with Crippen LogP contribution in [0.4, 0.5) is 0 Å². The van der Waals surface area contributed by atoms with Crippen molar-refractivity contribution in [3.05, 3.63) is 65.2 Å². The maximum absolute atomic E-state index is 5.76. The fraction of sp³-hybridized carbons (Fsp3) is 0.368. The molecule has 1 aliphatic heterocycles. The molecule has 0 amide bonds. The zero-order valence-corrected chi connectivity index (χ0v) is 14.3. The number of hydrogen-bond donors (Lipinski definition) is 1. The first kappa shape index (κ1) is 15.9. The third-order valence-electron chi connectivity index (χ3n) is 4.14. The lowest BCUT2D eigenvalue weighted by molar-refractivity contribution is 0.560. The van der Waals surface area contributed by atoms with Crippen LogP contribution < -0.4 is 5.32 Å². The summed E-state index contributed by atoms with van der Waals surface area (Å²) in [7, 11) is 0. The molecular formula is C19H22ClNS. The number of fused-ring (bicyclic) bond motifs is 2. The summed E-state index contributed by atoms with van der Waals surface area (Å²) < 4.78 is 0. The standard InChI is InChI=1S/C19H22ClNS/c20-12-6-1-7-13-21-19-16-9-3-2-8-15(16)14-22-18-11-5-4-10-17(18)19/h2-5,8-11,19,21H,1,6-7,12-14H2. The Morgan fingerprint density at radius 2 is 1.73 bits per heavy atom. The highest BCUT2D eigenvalue weighted by Gasteiger charge is 2.22. The topological polar surface area (TPSA) is 12.0 Å². The summed E-state index contributed by atoms with van der Waals surface area (Å²) in [6, 6.07) is 17.9. The summed E-state index contributed by atoms with van der Waals surface area (Å²) >= 11 is 7.71. The molecule has 2 aromatic carbocycles. The van der Waals surface area contributed by atoms with Gasteiger partial charge in [0.2, 0.25) is 0 Å². The maximum atomic E-state index is 5.76. The van der Waals surface area contributed by atoms with Crippen molar-refractivity contribution >= 4 is 23.4 Å². The Morgan fingerprint density at radius 3 is 2.59 bits per heavy atom. The lowest BCUT2D eigenvalue weighted by atomic mass is 9.95. The molecule has 1 unspecified atom stereocenters. The molecule has 0 bridgehead atoms. The molecule has 1 aliphatic rings. The molecule has 1 nitrogen and oxygen atoms in total. The molecule has 0 aromatic heterocycles. The average molecular weight is 332 g/mol. The molecule has 0 spiro atoms. The highest BCUT2D eigenvalue weighted by molar-refractivity contribution is 7.98. The van der Waals surface area contributed by atoms with Gasteiger partial charge in [-0.3, -0.25) is 0 Å². The zero-order valence-electron chi connectivity index (χ0n) is 12.7. The third kappa shape index (κ3) is 3.68. The Morgan fingerprint density at radius 1 is 0.955 bits per heavy atom. The first-order valence-electron chi connectivity index (χ1n) is 7.99. The van der Waals surface area contributed by atoms with E-state index in [1.54, 1.807) is 0 Å². The molecule has 3 heteroatoms. The van der Waals surface area contributed by atoms with Crippen LogP contribution in [0.1, 0.15) is 42.0 Å². The summed E-state index contributed by atoms with van der Waals surface area (Å²) in [4.78, 5) is 1.40. The molecule has 2 aromatic rings. The van der Waals surface area contributed by atoms with Gasteiger partial charge in [0, 0.05) is 16.5 Å². The molecule has 116 valence electrons. The smallest absolute Gasteiger partial charge is 0.0590 e. The van der Waals surface area contributed by atoms with Gasteiger partial charge < -0.3 is 5.32 Å². The van der Waals surface area contributed by atoms with Crippen LogP contribution in [-0.2, 0) is 5.75 Å². The minimum absolute atomic E-state index is 0.304. The van der Waals surface area contributed by atoms with E-state index in [9.17, 15) is 0 Å². The van der Waals surface area contributed by atoms with Crippen molar-refractivity contribution < 1.29 is 0 Å². The van der Waals surface area contributed by atoms with Crippen molar-refractivity contribution in [1.29, 1.82) is 0 Å². The van der Waals surface area contributed by atoms with E-state index in [4.69, 9.17) is 11.6 Å². The molecule has 0 saturated heterocycles. The molecule has 0 fully saturated rings. The molecule has 0 saturated carbocycles. The average Bonchev–Trinajstić information content (AvgIpc) is 2.72. The molecule has 1 heterocycles. The minimum Gasteiger partial charge on any atom is -0.306 e. The van der Waals surface area contributed by atoms with Crippen molar-refractivity contribution in [2.75, 3.05) is 12.4 Å². The van der Waals surface area contributed by atoms with Gasteiger partial charge in [-0.1, -0.05) is 48.9 Å². The lowest BCUT2D eigenvalue weighted by Crippen LogP contribution is -2.24. The highest BCUT2D eigenvalue weighted by atomic mass is 35.5. The van der Waals surface area contributed by atoms with Gasteiger partial charge in [0.1, 0.15) is 0 Å². The van der Waals surface area contributed by atoms with Gasteiger partial charge in [0.25, 0.3) is 0 Å². The van der Waals surface area contributed by atoms with Crippen LogP contribution in [0.2, 0.25) is 0 Å². The molecule has 1 atom stereocenters. The normalized spacial score (nSPS) is 16.7. The van der Waals surface area contributed by atoms with Crippen LogP contribution in [0, 0.1) is 0 Å². The van der Waals surface area contributed by atoms with Crippen molar-refractivity contribution in [3.8, 4) is 0 Å². The second-order valence-corrected chi connectivity index (χ2v) is 7.06. The molecule has 0 aliphatic carbocycles. The van der Waals surface area contributed by atoms with Crippen molar-refractivity contribution in [1.82, 2.24) is 5.32 Å². The predicted molar refractivity (Wildman–Crippen MR) is 96.9 cm³/mol. The number of hydrogen-bond acceptors (Lipinski definition) is 2. The number of nitrogens with one attached hydrogen (secondary N) is 1. The Kier molecular flexibility index (Phi) is 5.82.